The maximum absolute atomic E-state index is 12.3. The Morgan fingerprint density at radius 1 is 0.976 bits per heavy atom. The number of aliphatic carboxylic acids is 1. The van der Waals surface area contributed by atoms with Gasteiger partial charge in [-0.15, -0.1) is 0 Å². The number of ether oxygens (including phenoxy) is 3. The second kappa shape index (κ2) is 17.8. The van der Waals surface area contributed by atoms with E-state index in [1.807, 2.05) is 48.5 Å². The van der Waals surface area contributed by atoms with Gasteiger partial charge in [-0.05, 0) is 63.8 Å². The molecule has 8 nitrogen and oxygen atoms in total. The number of carboxylic acid groups (broad SMARTS) is 1. The summed E-state index contributed by atoms with van der Waals surface area (Å²) in [5.41, 5.74) is 1.36. The zero-order valence-corrected chi connectivity index (χ0v) is 26.0. The third-order valence-corrected chi connectivity index (χ3v) is 8.13. The number of amides is 1. The van der Waals surface area contributed by atoms with Crippen LogP contribution >= 0.6 is 0 Å². The summed E-state index contributed by atoms with van der Waals surface area (Å²) in [5, 5.41) is 11.7. The molecule has 41 heavy (non-hydrogen) atoms. The summed E-state index contributed by atoms with van der Waals surface area (Å²) in [4.78, 5) is 22.7. The minimum Gasteiger partial charge on any atom is -0.616 e. The molecule has 0 aromatic heterocycles. The number of rotatable bonds is 14. The lowest BCUT2D eigenvalue weighted by Gasteiger charge is -2.22. The molecule has 228 valence electrons. The molecule has 0 saturated carbocycles. The van der Waals surface area contributed by atoms with E-state index in [0.29, 0.717) is 6.79 Å². The molecule has 0 aliphatic carbocycles. The van der Waals surface area contributed by atoms with Gasteiger partial charge in [0.1, 0.15) is 22.6 Å². The lowest BCUT2D eigenvalue weighted by molar-refractivity contribution is -0.139. The zero-order chi connectivity index (χ0) is 30.3. The summed E-state index contributed by atoms with van der Waals surface area (Å²) in [5.74, 6) is 1.36. The fourth-order valence-corrected chi connectivity index (χ4v) is 5.49. The van der Waals surface area contributed by atoms with Gasteiger partial charge in [-0.25, -0.2) is 9.59 Å². The van der Waals surface area contributed by atoms with Crippen molar-refractivity contribution >= 4 is 23.2 Å². The molecule has 9 heteroatoms. The average molecular weight is 590 g/mol. The number of nitrogens with one attached hydrogen (secondary N) is 1. The van der Waals surface area contributed by atoms with E-state index in [1.165, 1.54) is 37.7 Å². The molecule has 0 saturated heterocycles. The third kappa shape index (κ3) is 14.0. The van der Waals surface area contributed by atoms with E-state index < -0.39 is 34.9 Å². The Labute approximate surface area is 248 Å². The Morgan fingerprint density at radius 3 is 2.29 bits per heavy atom. The molecule has 2 aromatic carbocycles. The fraction of sp³-hybridized carbons (Fsp3) is 0.562. The Kier molecular flexibility index (Phi) is 14.9. The van der Waals surface area contributed by atoms with Crippen LogP contribution in [-0.2, 0) is 33.5 Å². The van der Waals surface area contributed by atoms with Gasteiger partial charge < -0.3 is 29.2 Å². The number of hydrogen-bond donors (Lipinski definition) is 2. The summed E-state index contributed by atoms with van der Waals surface area (Å²) >= 11 is -0.743. The number of carboxylic acids is 1. The van der Waals surface area contributed by atoms with E-state index >= 15 is 0 Å². The fourth-order valence-electron chi connectivity index (χ4n) is 4.22. The van der Waals surface area contributed by atoms with Crippen molar-refractivity contribution in [3.8, 4) is 11.5 Å². The van der Waals surface area contributed by atoms with Crippen LogP contribution in [0, 0.1) is 0 Å². The second-order valence-electron chi connectivity index (χ2n) is 11.3. The summed E-state index contributed by atoms with van der Waals surface area (Å²) in [6.45, 7) is 9.78. The third-order valence-electron chi connectivity index (χ3n) is 6.38. The quantitative estimate of drug-likeness (QED) is 0.187. The molecule has 1 aliphatic rings. The molecular formula is C32H47NO7S. The van der Waals surface area contributed by atoms with Crippen molar-refractivity contribution in [2.24, 2.45) is 0 Å². The van der Waals surface area contributed by atoms with E-state index in [4.69, 9.17) is 19.3 Å². The number of unbranched alkanes of at least 4 members (excludes halogenated alkanes) is 5. The SMILES string of the molecule is CC(C)(C)OC(=O)NC(Cc1ccccc1)C(=O)O.CCCCCCCC[S+]([O-])C(C)Cc1ccc2c(c1)OCO2. The number of carbonyl (C=O) groups is 2. The van der Waals surface area contributed by atoms with Crippen LogP contribution in [0.1, 0.15) is 84.3 Å². The number of alkyl carbamates (subject to hydrolysis) is 1. The van der Waals surface area contributed by atoms with Gasteiger partial charge >= 0.3 is 12.1 Å². The minimum atomic E-state index is -1.09. The van der Waals surface area contributed by atoms with Crippen molar-refractivity contribution in [1.82, 2.24) is 5.32 Å². The van der Waals surface area contributed by atoms with E-state index in [1.54, 1.807) is 20.8 Å². The Bertz CT molecular complexity index is 1060. The molecule has 1 heterocycles. The highest BCUT2D eigenvalue weighted by Crippen LogP contribution is 2.33. The number of benzene rings is 2. The summed E-state index contributed by atoms with van der Waals surface area (Å²) in [6.07, 6.45) is 7.81. The van der Waals surface area contributed by atoms with Crippen molar-refractivity contribution in [2.45, 2.75) is 103 Å². The first-order valence-corrected chi connectivity index (χ1v) is 15.9. The summed E-state index contributed by atoms with van der Waals surface area (Å²) in [6, 6.07) is 14.1. The zero-order valence-electron chi connectivity index (χ0n) is 25.1. The maximum atomic E-state index is 12.3. The van der Waals surface area contributed by atoms with Crippen LogP contribution in [0.2, 0.25) is 0 Å². The monoisotopic (exact) mass is 589 g/mol. The Morgan fingerprint density at radius 2 is 1.63 bits per heavy atom. The van der Waals surface area contributed by atoms with Crippen LogP contribution in [0.25, 0.3) is 0 Å². The largest absolute Gasteiger partial charge is 0.616 e. The van der Waals surface area contributed by atoms with E-state index in [9.17, 15) is 14.1 Å². The van der Waals surface area contributed by atoms with Crippen LogP contribution < -0.4 is 14.8 Å². The molecule has 1 aliphatic heterocycles. The maximum Gasteiger partial charge on any atom is 0.408 e. The van der Waals surface area contributed by atoms with Gasteiger partial charge in [0.15, 0.2) is 11.5 Å². The molecule has 3 rings (SSSR count). The van der Waals surface area contributed by atoms with Crippen molar-refractivity contribution < 1.29 is 33.5 Å². The smallest absolute Gasteiger partial charge is 0.408 e. The number of hydrogen-bond acceptors (Lipinski definition) is 6. The molecule has 2 aromatic rings. The first kappa shape index (κ1) is 34.3. The van der Waals surface area contributed by atoms with E-state index in [-0.39, 0.29) is 11.7 Å². The molecule has 1 amide bonds. The number of carbonyl (C=O) groups excluding carboxylic acids is 1. The lowest BCUT2D eigenvalue weighted by atomic mass is 10.1. The lowest BCUT2D eigenvalue weighted by Crippen LogP contribution is -2.44. The standard InChI is InChI=1S/C18H28O3S.C14H19NO4/c1-3-4-5-6-7-8-11-22(19)15(2)12-16-9-10-17-18(13-16)21-14-20-17;1-14(2,3)19-13(18)15-11(12(16)17)9-10-7-5-4-6-8-10/h9-10,13,15H,3-8,11-12,14H2,1-2H3;4-8,11H,9H2,1-3H3,(H,15,18)(H,16,17). The molecular weight excluding hydrogens is 542 g/mol. The van der Waals surface area contributed by atoms with Crippen LogP contribution in [0.5, 0.6) is 11.5 Å². The highest BCUT2D eigenvalue weighted by atomic mass is 32.2. The predicted octanol–water partition coefficient (Wildman–Crippen LogP) is 6.66. The van der Waals surface area contributed by atoms with Crippen LogP contribution in [0.3, 0.4) is 0 Å². The average Bonchev–Trinajstić information content (AvgIpc) is 3.38. The highest BCUT2D eigenvalue weighted by Gasteiger charge is 2.24. The first-order valence-electron chi connectivity index (χ1n) is 14.5. The predicted molar refractivity (Wildman–Crippen MR) is 163 cm³/mol. The number of fused-ring (bicyclic) bond motifs is 1. The van der Waals surface area contributed by atoms with Gasteiger partial charge in [-0.1, -0.05) is 80.2 Å². The van der Waals surface area contributed by atoms with Crippen LogP contribution in [0.4, 0.5) is 4.79 Å². The van der Waals surface area contributed by atoms with Gasteiger partial charge in [-0.2, -0.15) is 0 Å². The Balaban J connectivity index is 0.000000290. The molecule has 0 bridgehead atoms. The second-order valence-corrected chi connectivity index (χ2v) is 13.3. The summed E-state index contributed by atoms with van der Waals surface area (Å²) < 4.78 is 28.1. The van der Waals surface area contributed by atoms with Gasteiger partial charge in [-0.3, -0.25) is 0 Å². The van der Waals surface area contributed by atoms with Gasteiger partial charge in [0, 0.05) is 12.8 Å². The van der Waals surface area contributed by atoms with Gasteiger partial charge in [0.05, 0.1) is 0 Å². The molecule has 0 radical (unpaired) electrons. The van der Waals surface area contributed by atoms with E-state index in [2.05, 4.69) is 19.2 Å². The molecule has 2 N–H and O–H groups in total. The molecule has 0 fully saturated rings. The first-order chi connectivity index (χ1) is 19.5. The van der Waals surface area contributed by atoms with Gasteiger partial charge in [0.2, 0.25) is 6.79 Å². The van der Waals surface area contributed by atoms with Gasteiger partial charge in [0.25, 0.3) is 0 Å². The molecule has 0 spiro atoms. The normalized spacial score (nSPS) is 14.3. The highest BCUT2D eigenvalue weighted by molar-refractivity contribution is 7.91. The Hall–Kier alpha value is -2.91. The van der Waals surface area contributed by atoms with Crippen molar-refractivity contribution in [3.05, 3.63) is 59.7 Å². The van der Waals surface area contributed by atoms with E-state index in [0.717, 1.165) is 35.7 Å². The summed E-state index contributed by atoms with van der Waals surface area (Å²) in [7, 11) is 0. The van der Waals surface area contributed by atoms with Crippen molar-refractivity contribution in [2.75, 3.05) is 12.5 Å². The van der Waals surface area contributed by atoms with Crippen LogP contribution in [0.15, 0.2) is 48.5 Å². The topological polar surface area (TPSA) is 117 Å². The molecule has 3 unspecified atom stereocenters. The van der Waals surface area contributed by atoms with Crippen molar-refractivity contribution in [3.63, 3.8) is 0 Å². The van der Waals surface area contributed by atoms with Crippen molar-refractivity contribution in [1.29, 1.82) is 0 Å². The molecule has 3 atom stereocenters. The minimum absolute atomic E-state index is 0.191. The van der Waals surface area contributed by atoms with Crippen LogP contribution in [-0.4, -0.2) is 51.2 Å².